The lowest BCUT2D eigenvalue weighted by Crippen LogP contribution is -2.31. The van der Waals surface area contributed by atoms with Crippen molar-refractivity contribution < 1.29 is 0 Å². The second-order valence-electron chi connectivity index (χ2n) is 6.23. The van der Waals surface area contributed by atoms with Crippen molar-refractivity contribution in [2.75, 3.05) is 12.3 Å². The Kier molecular flexibility index (Phi) is 3.74. The highest BCUT2D eigenvalue weighted by molar-refractivity contribution is 5.58. The van der Waals surface area contributed by atoms with Gasteiger partial charge in [-0.1, -0.05) is 0 Å². The van der Waals surface area contributed by atoms with Gasteiger partial charge in [0.05, 0.1) is 11.4 Å². The molecule has 0 radical (unpaired) electrons. The van der Waals surface area contributed by atoms with Crippen molar-refractivity contribution in [1.29, 1.82) is 0 Å². The molecule has 3 heterocycles. The van der Waals surface area contributed by atoms with Crippen molar-refractivity contribution in [1.82, 2.24) is 24.6 Å². The Labute approximate surface area is 141 Å². The minimum atomic E-state index is 0.752. The first kappa shape index (κ1) is 14.8. The third kappa shape index (κ3) is 3.00. The largest absolute Gasteiger partial charge is 0.399 e. The van der Waals surface area contributed by atoms with Gasteiger partial charge in [0, 0.05) is 62.3 Å². The molecule has 122 valence electrons. The van der Waals surface area contributed by atoms with E-state index in [-0.39, 0.29) is 0 Å². The summed E-state index contributed by atoms with van der Waals surface area (Å²) in [6, 6.07) is 9.76. The van der Waals surface area contributed by atoms with Gasteiger partial charge in [-0.25, -0.2) is 9.97 Å². The fourth-order valence-electron chi connectivity index (χ4n) is 3.06. The second-order valence-corrected chi connectivity index (χ2v) is 6.23. The monoisotopic (exact) mass is 320 g/mol. The summed E-state index contributed by atoms with van der Waals surface area (Å²) in [6.07, 6.45) is 4.88. The number of nitrogens with zero attached hydrogens (tertiary/aromatic N) is 5. The molecule has 3 aromatic rings. The van der Waals surface area contributed by atoms with E-state index >= 15 is 0 Å². The van der Waals surface area contributed by atoms with Crippen molar-refractivity contribution in [2.45, 2.75) is 19.5 Å². The Balaban J connectivity index is 1.52. The van der Waals surface area contributed by atoms with Crippen LogP contribution in [0.2, 0.25) is 0 Å². The molecular formula is C18H20N6. The van der Waals surface area contributed by atoms with Crippen molar-refractivity contribution in [2.24, 2.45) is 7.05 Å². The Morgan fingerprint density at radius 3 is 2.75 bits per heavy atom. The van der Waals surface area contributed by atoms with Crippen LogP contribution >= 0.6 is 0 Å². The van der Waals surface area contributed by atoms with E-state index in [4.69, 9.17) is 10.7 Å². The predicted octanol–water partition coefficient (Wildman–Crippen LogP) is 2.02. The highest BCUT2D eigenvalue weighted by Gasteiger charge is 2.19. The molecule has 0 saturated heterocycles. The smallest absolute Gasteiger partial charge is 0.159 e. The normalized spacial score (nSPS) is 14.5. The zero-order chi connectivity index (χ0) is 16.5. The van der Waals surface area contributed by atoms with Gasteiger partial charge < -0.3 is 5.73 Å². The number of rotatable bonds is 3. The van der Waals surface area contributed by atoms with Gasteiger partial charge in [0.15, 0.2) is 5.82 Å². The Hall–Kier alpha value is -2.73. The third-order valence-corrected chi connectivity index (χ3v) is 4.34. The van der Waals surface area contributed by atoms with Crippen molar-refractivity contribution in [3.8, 4) is 11.4 Å². The topological polar surface area (TPSA) is 72.9 Å². The van der Waals surface area contributed by atoms with Crippen molar-refractivity contribution in [3.05, 3.63) is 59.7 Å². The average molecular weight is 320 g/mol. The van der Waals surface area contributed by atoms with Crippen LogP contribution in [-0.4, -0.2) is 31.2 Å². The maximum Gasteiger partial charge on any atom is 0.159 e. The molecule has 1 aliphatic heterocycles. The minimum absolute atomic E-state index is 0.752. The maximum atomic E-state index is 5.74. The first-order valence-electron chi connectivity index (χ1n) is 8.09. The lowest BCUT2D eigenvalue weighted by molar-refractivity contribution is 0.239. The van der Waals surface area contributed by atoms with Gasteiger partial charge in [-0.3, -0.25) is 9.58 Å². The van der Waals surface area contributed by atoms with Crippen molar-refractivity contribution in [3.63, 3.8) is 0 Å². The number of hydrogen-bond donors (Lipinski definition) is 1. The van der Waals surface area contributed by atoms with E-state index in [1.165, 1.54) is 5.56 Å². The van der Waals surface area contributed by atoms with Crippen LogP contribution in [0.3, 0.4) is 0 Å². The number of aryl methyl sites for hydroxylation is 1. The molecule has 1 aromatic carbocycles. The van der Waals surface area contributed by atoms with Gasteiger partial charge in [-0.2, -0.15) is 5.10 Å². The molecule has 0 saturated carbocycles. The standard InChI is InChI=1S/C18H20N6/c1-23-8-6-16(22-23)12-24-9-7-17-14(11-24)10-20-18(21-17)13-2-4-15(19)5-3-13/h2-6,8,10H,7,9,11-12,19H2,1H3. The molecule has 0 spiro atoms. The molecule has 0 atom stereocenters. The number of anilines is 1. The molecule has 24 heavy (non-hydrogen) atoms. The molecular weight excluding hydrogens is 300 g/mol. The summed E-state index contributed by atoms with van der Waals surface area (Å²) in [5.41, 5.74) is 10.9. The number of hydrogen-bond acceptors (Lipinski definition) is 5. The average Bonchev–Trinajstić information content (AvgIpc) is 3.00. The molecule has 4 rings (SSSR count). The molecule has 0 aliphatic carbocycles. The van der Waals surface area contributed by atoms with E-state index < -0.39 is 0 Å². The molecule has 0 fully saturated rings. The van der Waals surface area contributed by atoms with Gasteiger partial charge in [0.25, 0.3) is 0 Å². The zero-order valence-electron chi connectivity index (χ0n) is 13.7. The van der Waals surface area contributed by atoms with Gasteiger partial charge in [-0.15, -0.1) is 0 Å². The second kappa shape index (κ2) is 6.05. The Morgan fingerprint density at radius 1 is 1.17 bits per heavy atom. The van der Waals surface area contributed by atoms with E-state index in [1.807, 2.05) is 48.4 Å². The summed E-state index contributed by atoms with van der Waals surface area (Å²) in [6.45, 7) is 2.72. The van der Waals surface area contributed by atoms with E-state index in [1.54, 1.807) is 0 Å². The molecule has 0 amide bonds. The number of nitrogen functional groups attached to an aromatic ring is 1. The van der Waals surface area contributed by atoms with Crippen LogP contribution in [-0.2, 0) is 26.6 Å². The van der Waals surface area contributed by atoms with Crippen LogP contribution in [0.25, 0.3) is 11.4 Å². The van der Waals surface area contributed by atoms with Gasteiger partial charge in [-0.05, 0) is 30.3 Å². The molecule has 6 heteroatoms. The summed E-state index contributed by atoms with van der Waals surface area (Å²) >= 11 is 0. The number of nitrogens with two attached hydrogens (primary N) is 1. The minimum Gasteiger partial charge on any atom is -0.399 e. The first-order valence-corrected chi connectivity index (χ1v) is 8.09. The van der Waals surface area contributed by atoms with Crippen LogP contribution < -0.4 is 5.73 Å². The van der Waals surface area contributed by atoms with Crippen LogP contribution in [0.1, 0.15) is 17.0 Å². The number of aromatic nitrogens is 4. The summed E-state index contributed by atoms with van der Waals surface area (Å²) in [5.74, 6) is 0.770. The van der Waals surface area contributed by atoms with Crippen LogP contribution in [0.15, 0.2) is 42.7 Å². The first-order chi connectivity index (χ1) is 11.7. The third-order valence-electron chi connectivity index (χ3n) is 4.34. The maximum absolute atomic E-state index is 5.74. The van der Waals surface area contributed by atoms with Gasteiger partial charge in [0.2, 0.25) is 0 Å². The Bertz CT molecular complexity index is 852. The molecule has 0 unspecified atom stereocenters. The van der Waals surface area contributed by atoms with Gasteiger partial charge in [0.1, 0.15) is 0 Å². The zero-order valence-corrected chi connectivity index (χ0v) is 13.7. The predicted molar refractivity (Wildman–Crippen MR) is 92.9 cm³/mol. The quantitative estimate of drug-likeness (QED) is 0.748. The van der Waals surface area contributed by atoms with E-state index in [9.17, 15) is 0 Å². The Morgan fingerprint density at radius 2 is 2.00 bits per heavy atom. The highest BCUT2D eigenvalue weighted by Crippen LogP contribution is 2.22. The van der Waals surface area contributed by atoms with Crippen LogP contribution in [0, 0.1) is 0 Å². The molecule has 2 N–H and O–H groups in total. The van der Waals surface area contributed by atoms with Crippen LogP contribution in [0.4, 0.5) is 5.69 Å². The summed E-state index contributed by atoms with van der Waals surface area (Å²) in [5, 5.41) is 4.46. The highest BCUT2D eigenvalue weighted by atomic mass is 15.3. The van der Waals surface area contributed by atoms with E-state index in [0.717, 1.165) is 54.5 Å². The number of benzene rings is 1. The molecule has 0 bridgehead atoms. The summed E-state index contributed by atoms with van der Waals surface area (Å²) in [4.78, 5) is 11.7. The fraction of sp³-hybridized carbons (Fsp3) is 0.278. The molecule has 2 aromatic heterocycles. The molecule has 6 nitrogen and oxygen atoms in total. The van der Waals surface area contributed by atoms with E-state index in [2.05, 4.69) is 21.0 Å². The van der Waals surface area contributed by atoms with Crippen molar-refractivity contribution >= 4 is 5.69 Å². The summed E-state index contributed by atoms with van der Waals surface area (Å²) < 4.78 is 1.84. The lowest BCUT2D eigenvalue weighted by Gasteiger charge is -2.27. The lowest BCUT2D eigenvalue weighted by atomic mass is 10.1. The molecule has 1 aliphatic rings. The van der Waals surface area contributed by atoms with Gasteiger partial charge >= 0.3 is 0 Å². The van der Waals surface area contributed by atoms with E-state index in [0.29, 0.717) is 0 Å². The number of fused-ring (bicyclic) bond motifs is 1. The SMILES string of the molecule is Cn1ccc(CN2CCc3nc(-c4ccc(N)cc4)ncc3C2)n1. The van der Waals surface area contributed by atoms with Crippen LogP contribution in [0.5, 0.6) is 0 Å². The summed E-state index contributed by atoms with van der Waals surface area (Å²) in [7, 11) is 1.95. The fourth-order valence-corrected chi connectivity index (χ4v) is 3.06.